The van der Waals surface area contributed by atoms with Crippen LogP contribution in [-0.4, -0.2) is 37.9 Å². The van der Waals surface area contributed by atoms with Crippen LogP contribution in [0.25, 0.3) is 0 Å². The summed E-state index contributed by atoms with van der Waals surface area (Å²) < 4.78 is 17.3. The van der Waals surface area contributed by atoms with E-state index in [1.54, 1.807) is 0 Å². The normalized spacial score (nSPS) is 12.3. The highest BCUT2D eigenvalue weighted by molar-refractivity contribution is 5.70. The zero-order valence-corrected chi connectivity index (χ0v) is 35.1. The molecule has 0 aromatic rings. The Hall–Kier alpha value is -1.62. The lowest BCUT2D eigenvalue weighted by atomic mass is 10.0. The summed E-state index contributed by atoms with van der Waals surface area (Å²) in [7, 11) is 0. The molecule has 0 N–H and O–H groups in total. The summed E-state index contributed by atoms with van der Waals surface area (Å²) in [6.45, 7) is 7.76. The highest BCUT2D eigenvalue weighted by Crippen LogP contribution is 2.15. The van der Waals surface area contributed by atoms with Gasteiger partial charge in [0.1, 0.15) is 6.61 Å². The Morgan fingerprint density at radius 2 is 0.846 bits per heavy atom. The minimum atomic E-state index is -0.532. The van der Waals surface area contributed by atoms with Gasteiger partial charge in [-0.15, -0.1) is 0 Å². The standard InChI is InChI=1S/C47H88O5/c1-4-7-10-13-16-19-21-23-24-26-27-29-31-34-37-40-46(48)51-44-45(43-50-42-39-36-33-18-15-12-9-6-3)52-47(49)41-38-35-32-30-28-25-22-20-17-14-11-8-5-2/h11,14,20,22,45H,4-10,12-13,15-19,21,23-44H2,1-3H3/b14-11-,22-20-. The predicted molar refractivity (Wildman–Crippen MR) is 224 cm³/mol. The number of hydrogen-bond acceptors (Lipinski definition) is 5. The minimum absolute atomic E-state index is 0.0860. The quantitative estimate of drug-likeness (QED) is 0.0355. The molecule has 5 heteroatoms. The van der Waals surface area contributed by atoms with Gasteiger partial charge < -0.3 is 14.2 Å². The first-order valence-corrected chi connectivity index (χ1v) is 22.9. The first-order chi connectivity index (χ1) is 25.6. The molecule has 0 aromatic carbocycles. The van der Waals surface area contributed by atoms with Crippen LogP contribution < -0.4 is 0 Å². The van der Waals surface area contributed by atoms with E-state index in [4.69, 9.17) is 14.2 Å². The van der Waals surface area contributed by atoms with Gasteiger partial charge >= 0.3 is 11.9 Å². The van der Waals surface area contributed by atoms with Gasteiger partial charge in [0.05, 0.1) is 6.61 Å². The van der Waals surface area contributed by atoms with Gasteiger partial charge in [-0.3, -0.25) is 9.59 Å². The Balaban J connectivity index is 4.17. The Morgan fingerprint density at radius 3 is 1.35 bits per heavy atom. The largest absolute Gasteiger partial charge is 0.462 e. The highest BCUT2D eigenvalue weighted by Gasteiger charge is 2.17. The van der Waals surface area contributed by atoms with E-state index >= 15 is 0 Å². The number of carbonyl (C=O) groups is 2. The third-order valence-electron chi connectivity index (χ3n) is 9.97. The first-order valence-electron chi connectivity index (χ1n) is 22.9. The molecule has 0 amide bonds. The average Bonchev–Trinajstić information content (AvgIpc) is 3.14. The summed E-state index contributed by atoms with van der Waals surface area (Å²) in [6, 6.07) is 0. The number of unbranched alkanes of at least 4 members (excludes halogenated alkanes) is 27. The molecule has 306 valence electrons. The highest BCUT2D eigenvalue weighted by atomic mass is 16.6. The zero-order chi connectivity index (χ0) is 37.8. The molecule has 0 saturated carbocycles. The summed E-state index contributed by atoms with van der Waals surface area (Å²) in [5.74, 6) is -0.403. The van der Waals surface area contributed by atoms with Gasteiger partial charge in [-0.05, 0) is 44.9 Å². The fraction of sp³-hybridized carbons (Fsp3) is 0.872. The van der Waals surface area contributed by atoms with Crippen molar-refractivity contribution in [3.63, 3.8) is 0 Å². The van der Waals surface area contributed by atoms with Crippen molar-refractivity contribution >= 4 is 11.9 Å². The smallest absolute Gasteiger partial charge is 0.306 e. The Labute approximate surface area is 324 Å². The van der Waals surface area contributed by atoms with E-state index in [2.05, 4.69) is 45.1 Å². The van der Waals surface area contributed by atoms with Crippen LogP contribution in [0.1, 0.15) is 239 Å². The molecule has 1 unspecified atom stereocenters. The summed E-state index contributed by atoms with van der Waals surface area (Å²) in [6.07, 6.45) is 48.9. The van der Waals surface area contributed by atoms with Gasteiger partial charge in [0.2, 0.25) is 0 Å². The van der Waals surface area contributed by atoms with Crippen LogP contribution in [0, 0.1) is 0 Å². The van der Waals surface area contributed by atoms with Crippen molar-refractivity contribution in [1.82, 2.24) is 0 Å². The van der Waals surface area contributed by atoms with E-state index in [0.29, 0.717) is 19.4 Å². The molecule has 0 aliphatic heterocycles. The summed E-state index contributed by atoms with van der Waals surface area (Å²) in [5.41, 5.74) is 0. The van der Waals surface area contributed by atoms with Crippen LogP contribution in [0.5, 0.6) is 0 Å². The predicted octanol–water partition coefficient (Wildman–Crippen LogP) is 14.9. The molecule has 0 bridgehead atoms. The molecule has 0 aliphatic rings. The van der Waals surface area contributed by atoms with Gasteiger partial charge in [-0.2, -0.15) is 0 Å². The third-order valence-corrected chi connectivity index (χ3v) is 9.97. The number of rotatable bonds is 42. The zero-order valence-electron chi connectivity index (χ0n) is 35.1. The fourth-order valence-corrected chi connectivity index (χ4v) is 6.55. The van der Waals surface area contributed by atoms with Crippen molar-refractivity contribution in [2.45, 2.75) is 245 Å². The maximum atomic E-state index is 12.7. The molecule has 5 nitrogen and oxygen atoms in total. The molecule has 0 aromatic heterocycles. The number of allylic oxidation sites excluding steroid dienone is 4. The van der Waals surface area contributed by atoms with Crippen LogP contribution >= 0.6 is 0 Å². The van der Waals surface area contributed by atoms with Crippen molar-refractivity contribution in [2.24, 2.45) is 0 Å². The maximum Gasteiger partial charge on any atom is 0.306 e. The van der Waals surface area contributed by atoms with Crippen molar-refractivity contribution < 1.29 is 23.8 Å². The second kappa shape index (κ2) is 43.8. The Kier molecular flexibility index (Phi) is 42.4. The monoisotopic (exact) mass is 733 g/mol. The van der Waals surface area contributed by atoms with Crippen LogP contribution in [0.15, 0.2) is 24.3 Å². The van der Waals surface area contributed by atoms with Crippen molar-refractivity contribution in [1.29, 1.82) is 0 Å². The molecule has 52 heavy (non-hydrogen) atoms. The average molecular weight is 733 g/mol. The summed E-state index contributed by atoms with van der Waals surface area (Å²) in [4.78, 5) is 25.2. The maximum absolute atomic E-state index is 12.7. The lowest BCUT2D eigenvalue weighted by molar-refractivity contribution is -0.163. The summed E-state index contributed by atoms with van der Waals surface area (Å²) in [5, 5.41) is 0. The van der Waals surface area contributed by atoms with Gasteiger partial charge in [0.25, 0.3) is 0 Å². The van der Waals surface area contributed by atoms with E-state index in [9.17, 15) is 9.59 Å². The molecular weight excluding hydrogens is 645 g/mol. The van der Waals surface area contributed by atoms with Crippen molar-refractivity contribution in [3.8, 4) is 0 Å². The SMILES string of the molecule is CCC/C=C\C/C=C\CCCCCCCC(=O)OC(COCCCCCCCCCC)COC(=O)CCCCCCCCCCCCCCCCC. The van der Waals surface area contributed by atoms with Crippen LogP contribution in [0.2, 0.25) is 0 Å². The second-order valence-electron chi connectivity index (χ2n) is 15.3. The molecule has 0 aliphatic carbocycles. The first kappa shape index (κ1) is 50.4. The lowest BCUT2D eigenvalue weighted by Crippen LogP contribution is -2.30. The molecule has 0 heterocycles. The molecule has 0 rings (SSSR count). The number of hydrogen-bond donors (Lipinski definition) is 0. The molecule has 0 spiro atoms. The Morgan fingerprint density at radius 1 is 0.423 bits per heavy atom. The minimum Gasteiger partial charge on any atom is -0.462 e. The fourth-order valence-electron chi connectivity index (χ4n) is 6.55. The second-order valence-corrected chi connectivity index (χ2v) is 15.3. The van der Waals surface area contributed by atoms with E-state index in [1.165, 1.54) is 148 Å². The number of ether oxygens (including phenoxy) is 3. The van der Waals surface area contributed by atoms with E-state index in [-0.39, 0.29) is 25.2 Å². The van der Waals surface area contributed by atoms with Gasteiger partial charge in [-0.25, -0.2) is 0 Å². The van der Waals surface area contributed by atoms with Crippen molar-refractivity contribution in [2.75, 3.05) is 19.8 Å². The van der Waals surface area contributed by atoms with Crippen LogP contribution in [-0.2, 0) is 23.8 Å². The van der Waals surface area contributed by atoms with E-state index in [0.717, 1.165) is 57.8 Å². The van der Waals surface area contributed by atoms with Crippen LogP contribution in [0.3, 0.4) is 0 Å². The number of carbonyl (C=O) groups excluding carboxylic acids is 2. The molecule has 0 radical (unpaired) electrons. The molecule has 0 fully saturated rings. The van der Waals surface area contributed by atoms with E-state index < -0.39 is 6.10 Å². The van der Waals surface area contributed by atoms with Crippen molar-refractivity contribution in [3.05, 3.63) is 24.3 Å². The molecular formula is C47H88O5. The topological polar surface area (TPSA) is 61.8 Å². The molecule has 1 atom stereocenters. The Bertz CT molecular complexity index is 791. The number of esters is 2. The third kappa shape index (κ3) is 41.1. The lowest BCUT2D eigenvalue weighted by Gasteiger charge is -2.18. The van der Waals surface area contributed by atoms with Gasteiger partial charge in [0, 0.05) is 19.4 Å². The van der Waals surface area contributed by atoms with Gasteiger partial charge in [0.15, 0.2) is 6.10 Å². The van der Waals surface area contributed by atoms with Crippen LogP contribution in [0.4, 0.5) is 0 Å². The molecule has 0 saturated heterocycles. The van der Waals surface area contributed by atoms with Gasteiger partial charge in [-0.1, -0.05) is 206 Å². The summed E-state index contributed by atoms with van der Waals surface area (Å²) >= 11 is 0. The van der Waals surface area contributed by atoms with E-state index in [1.807, 2.05) is 0 Å².